The molecule has 8 aromatic rings. The molecular formula is C104H118O4. The molecule has 0 saturated carbocycles. The Labute approximate surface area is 654 Å². The lowest BCUT2D eigenvalue weighted by molar-refractivity contribution is 0.304. The maximum absolute atomic E-state index is 6.53. The summed E-state index contributed by atoms with van der Waals surface area (Å²) < 4.78 is 25.9. The second kappa shape index (κ2) is 53.0. The Morgan fingerprint density at radius 3 is 0.667 bits per heavy atom. The molecule has 8 rings (SSSR count). The van der Waals surface area contributed by atoms with Gasteiger partial charge < -0.3 is 18.9 Å². The SMILES string of the molecule is CCCCCCCCCCCCOc1ccc2c#cc3ccc4c#cc5ccc(OCCCCCCCCCCCC)c(c#cc#cc6cc(OCCCCCCCCCCCC)ccc6c#cc6ccc(c#cc7ccc(OCCCCCCCCCCCC)c(c#cc#cc2c1)c7)c(c#cc#cc4c3)c6)c5. The fourth-order valence-electron chi connectivity index (χ4n) is 13.2. The molecule has 0 atom stereocenters. The molecule has 0 spiro atoms. The highest BCUT2D eigenvalue weighted by molar-refractivity contribution is 5.87. The first-order valence-electron chi connectivity index (χ1n) is 42.0. The Morgan fingerprint density at radius 1 is 0.176 bits per heavy atom. The van der Waals surface area contributed by atoms with Crippen molar-refractivity contribution in [2.45, 2.75) is 285 Å². The number of benzene rings is 6. The summed E-state index contributed by atoms with van der Waals surface area (Å²) in [4.78, 5) is 0. The van der Waals surface area contributed by atoms with Gasteiger partial charge in [-0.2, -0.15) is 0 Å². The molecule has 0 unspecified atom stereocenters. The summed E-state index contributed by atoms with van der Waals surface area (Å²) in [5.41, 5.74) is 0. The smallest absolute Gasteiger partial charge is 0.135 e. The van der Waals surface area contributed by atoms with Crippen LogP contribution in [0.5, 0.6) is 23.0 Å². The van der Waals surface area contributed by atoms with Gasteiger partial charge in [-0.3, -0.25) is 0 Å². The van der Waals surface area contributed by atoms with Gasteiger partial charge in [0, 0.05) is 64.6 Å². The van der Waals surface area contributed by atoms with Gasteiger partial charge in [-0.15, -0.1) is 0 Å². The van der Waals surface area contributed by atoms with Crippen LogP contribution in [0.2, 0.25) is 0 Å². The maximum Gasteiger partial charge on any atom is 0.135 e. The minimum absolute atomic E-state index is 0.598. The minimum atomic E-state index is 0.598. The number of ether oxygens (including phenoxy) is 4. The average Bonchev–Trinajstić information content (AvgIpc) is 0.840. The summed E-state index contributed by atoms with van der Waals surface area (Å²) in [6.07, 6.45) is 50.3. The standard InChI is InChI=1S/C104H118O4/c1-5-9-13-17-21-25-29-33-37-47-77-105-101-73-71-93-69-59-87-57-65-91-67-62-90-64-76-104(108-80-50-40-36-32-28-24-20-16-12-8-4)100(84-90)56-46-44-54-98-86-102(106-78-48-38-34-30-26-22-18-14-10-6-2)74-72-94(98)70-60-88-58-66-92(96(82-88)52-42-41-51-95(91)81-87)68-61-89-63-75-103(99(83-89)55-45-43-53-97(93)85-101)107-79-49-39-35-31-27-23-19-15-11-7-3/h57-58,63-66,71-76,81-86H,5-40,47-50,77-80H2,1-4H3. The van der Waals surface area contributed by atoms with Crippen molar-refractivity contribution in [3.8, 4) is 23.0 Å². The molecule has 0 fully saturated rings. The normalized spacial score (nSPS) is 10.4. The van der Waals surface area contributed by atoms with Crippen molar-refractivity contribution in [1.82, 2.24) is 0 Å². The van der Waals surface area contributed by atoms with E-state index in [2.05, 4.69) is 149 Å². The Morgan fingerprint density at radius 2 is 0.389 bits per heavy atom. The molecule has 0 amide bonds. The molecule has 4 nitrogen and oxygen atoms in total. The first kappa shape index (κ1) is 83.8. The monoisotopic (exact) mass is 1430 g/mol. The Bertz CT molecular complexity index is 3970. The fourth-order valence-corrected chi connectivity index (χ4v) is 13.2. The van der Waals surface area contributed by atoms with E-state index in [4.69, 9.17) is 18.9 Å². The van der Waals surface area contributed by atoms with Crippen LogP contribution < -0.4 is 18.9 Å². The van der Waals surface area contributed by atoms with Crippen LogP contribution in [0, 0.1) is 121 Å². The van der Waals surface area contributed by atoms with Crippen LogP contribution in [0.4, 0.5) is 0 Å². The first-order chi connectivity index (χ1) is 53.5. The van der Waals surface area contributed by atoms with Crippen molar-refractivity contribution in [3.05, 3.63) is 231 Å². The zero-order valence-electron chi connectivity index (χ0n) is 66.1. The van der Waals surface area contributed by atoms with Crippen LogP contribution in [0.3, 0.4) is 0 Å². The molecule has 0 N–H and O–H groups in total. The molecule has 0 radical (unpaired) electrons. The van der Waals surface area contributed by atoms with E-state index in [9.17, 15) is 0 Å². The van der Waals surface area contributed by atoms with Crippen LogP contribution in [-0.2, 0) is 0 Å². The lowest BCUT2D eigenvalue weighted by Crippen LogP contribution is -1.97. The van der Waals surface area contributed by atoms with Gasteiger partial charge >= 0.3 is 0 Å². The second-order valence-corrected chi connectivity index (χ2v) is 29.0. The van der Waals surface area contributed by atoms with E-state index in [1.807, 2.05) is 109 Å². The molecule has 8 bridgehead atoms. The van der Waals surface area contributed by atoms with E-state index >= 15 is 0 Å². The fraction of sp³-hybridized carbons (Fsp3) is 0.462. The highest BCUT2D eigenvalue weighted by Crippen LogP contribution is 2.26. The third kappa shape index (κ3) is 33.5. The van der Waals surface area contributed by atoms with Crippen LogP contribution in [-0.4, -0.2) is 26.4 Å². The molecule has 558 valence electrons. The molecule has 0 aliphatic heterocycles. The minimum Gasteiger partial charge on any atom is -0.494 e. The average molecular weight is 1430 g/mol. The molecule has 0 aliphatic rings. The lowest BCUT2D eigenvalue weighted by atomic mass is 10.1. The van der Waals surface area contributed by atoms with Gasteiger partial charge in [0.05, 0.1) is 37.2 Å². The molecule has 4 heteroatoms. The van der Waals surface area contributed by atoms with Crippen LogP contribution >= 0.6 is 0 Å². The van der Waals surface area contributed by atoms with E-state index in [-0.39, 0.29) is 0 Å². The quantitative estimate of drug-likeness (QED) is 0.0356. The van der Waals surface area contributed by atoms with E-state index in [1.54, 1.807) is 0 Å². The summed E-state index contributed by atoms with van der Waals surface area (Å²) in [6.45, 7) is 11.6. The largest absolute Gasteiger partial charge is 0.494 e. The van der Waals surface area contributed by atoms with E-state index in [0.717, 1.165) is 117 Å². The number of fused-ring (bicyclic) bond motifs is 9. The summed E-state index contributed by atoms with van der Waals surface area (Å²) in [5, 5.41) is 10.3. The molecule has 0 heterocycles. The summed E-state index contributed by atoms with van der Waals surface area (Å²) >= 11 is 0. The van der Waals surface area contributed by atoms with E-state index in [1.165, 1.54) is 205 Å². The van der Waals surface area contributed by atoms with Gasteiger partial charge in [0.15, 0.2) is 0 Å². The summed E-state index contributed by atoms with van der Waals surface area (Å²) in [7, 11) is 0. The second-order valence-electron chi connectivity index (χ2n) is 29.0. The van der Waals surface area contributed by atoms with Gasteiger partial charge in [0.25, 0.3) is 0 Å². The van der Waals surface area contributed by atoms with Crippen molar-refractivity contribution in [1.29, 1.82) is 0 Å². The van der Waals surface area contributed by atoms with Gasteiger partial charge in [-0.05, 0) is 183 Å². The van der Waals surface area contributed by atoms with Gasteiger partial charge in [-0.25, -0.2) is 0 Å². The number of rotatable bonds is 48. The van der Waals surface area contributed by atoms with Crippen LogP contribution in [0.15, 0.2) is 109 Å². The Hall–Kier alpha value is -9.88. The van der Waals surface area contributed by atoms with Gasteiger partial charge in [-0.1, -0.05) is 332 Å². The zero-order valence-corrected chi connectivity index (χ0v) is 66.1. The topological polar surface area (TPSA) is 36.9 Å². The number of unbranched alkanes of at least 4 members (excludes halogenated alkanes) is 36. The summed E-state index contributed by atoms with van der Waals surface area (Å²) in [5.74, 6) is 2.92. The molecule has 0 aromatic heterocycles. The zero-order chi connectivity index (χ0) is 75.2. The van der Waals surface area contributed by atoms with Crippen molar-refractivity contribution < 1.29 is 18.9 Å². The highest BCUT2D eigenvalue weighted by atomic mass is 16.5. The lowest BCUT2D eigenvalue weighted by Gasteiger charge is -2.07. The molecule has 8 aromatic carbocycles. The van der Waals surface area contributed by atoms with Crippen LogP contribution in [0.1, 0.15) is 285 Å². The molecule has 0 saturated heterocycles. The predicted octanol–water partition coefficient (Wildman–Crippen LogP) is 29.1. The van der Waals surface area contributed by atoms with Crippen molar-refractivity contribution in [2.24, 2.45) is 0 Å². The molecule has 108 heavy (non-hydrogen) atoms. The van der Waals surface area contributed by atoms with E-state index < -0.39 is 0 Å². The first-order valence-corrected chi connectivity index (χ1v) is 42.0. The number of hydrogen-bond donors (Lipinski definition) is 0. The Kier molecular flexibility index (Phi) is 41.1. The van der Waals surface area contributed by atoms with Crippen molar-refractivity contribution in [2.75, 3.05) is 26.4 Å². The van der Waals surface area contributed by atoms with Crippen LogP contribution in [0.25, 0.3) is 75.4 Å². The predicted molar refractivity (Wildman–Crippen MR) is 452 cm³/mol. The third-order valence-corrected chi connectivity index (χ3v) is 19.8. The number of hydrogen-bond acceptors (Lipinski definition) is 4. The van der Waals surface area contributed by atoms with Gasteiger partial charge in [0.1, 0.15) is 23.0 Å². The van der Waals surface area contributed by atoms with Crippen molar-refractivity contribution in [3.63, 3.8) is 0 Å². The molecule has 0 aliphatic carbocycles. The van der Waals surface area contributed by atoms with E-state index in [0.29, 0.717) is 59.5 Å². The third-order valence-electron chi connectivity index (χ3n) is 19.8. The highest BCUT2D eigenvalue weighted by Gasteiger charge is 2.05. The van der Waals surface area contributed by atoms with Crippen molar-refractivity contribution >= 4 is 75.4 Å². The maximum atomic E-state index is 6.53. The molecular weight excluding hydrogens is 1310 g/mol. The van der Waals surface area contributed by atoms with Gasteiger partial charge in [0.2, 0.25) is 0 Å². The Balaban J connectivity index is 1.20. The summed E-state index contributed by atoms with van der Waals surface area (Å²) in [6, 6.07) is 103.